The summed E-state index contributed by atoms with van der Waals surface area (Å²) in [6.07, 6.45) is 2.93. The van der Waals surface area contributed by atoms with Crippen LogP contribution in [-0.2, 0) is 16.6 Å². The molecule has 1 N–H and O–H groups in total. The van der Waals surface area contributed by atoms with E-state index in [-0.39, 0.29) is 16.1 Å². The topological polar surface area (TPSA) is 72.2 Å². The summed E-state index contributed by atoms with van der Waals surface area (Å²) in [5, 5.41) is 10.2. The molecule has 0 atom stereocenters. The van der Waals surface area contributed by atoms with Crippen molar-refractivity contribution in [2.45, 2.75) is 18.4 Å². The van der Waals surface area contributed by atoms with Crippen molar-refractivity contribution in [2.75, 3.05) is 0 Å². The van der Waals surface area contributed by atoms with Crippen molar-refractivity contribution in [3.63, 3.8) is 0 Å². The zero-order chi connectivity index (χ0) is 20.8. The summed E-state index contributed by atoms with van der Waals surface area (Å²) in [4.78, 5) is 4.42. The van der Waals surface area contributed by atoms with E-state index < -0.39 is 22.4 Å². The molecule has 0 aliphatic carbocycles. The van der Waals surface area contributed by atoms with Gasteiger partial charge in [0.05, 0.1) is 11.5 Å². The highest BCUT2D eigenvalue weighted by Gasteiger charge is 2.24. The van der Waals surface area contributed by atoms with Gasteiger partial charge < -0.3 is 5.11 Å². The van der Waals surface area contributed by atoms with Crippen molar-refractivity contribution in [1.29, 1.82) is 0 Å². The normalized spacial score (nSPS) is 11.9. The average molecular weight is 475 g/mol. The van der Waals surface area contributed by atoms with E-state index in [1.807, 2.05) is 6.92 Å². The van der Waals surface area contributed by atoms with E-state index in [1.165, 1.54) is 36.7 Å². The Kier molecular flexibility index (Phi) is 5.02. The number of pyridine rings is 1. The second-order valence-corrected chi connectivity index (χ2v) is 9.34. The molecule has 0 aliphatic heterocycles. The number of aliphatic hydroxyl groups excluding tert-OH is 1. The monoisotopic (exact) mass is 474 g/mol. The molecule has 2 aromatic carbocycles. The van der Waals surface area contributed by atoms with Gasteiger partial charge in [0.25, 0.3) is 10.0 Å². The summed E-state index contributed by atoms with van der Waals surface area (Å²) in [7, 11) is -3.93. The summed E-state index contributed by atoms with van der Waals surface area (Å²) in [6.45, 7) is 1.36. The number of nitrogens with zero attached hydrogens (tertiary/aromatic N) is 2. The fourth-order valence-corrected chi connectivity index (χ4v) is 4.90. The second kappa shape index (κ2) is 7.37. The highest BCUT2D eigenvalue weighted by molar-refractivity contribution is 9.10. The third-order valence-electron chi connectivity index (χ3n) is 4.72. The van der Waals surface area contributed by atoms with Crippen LogP contribution in [0.4, 0.5) is 4.39 Å². The van der Waals surface area contributed by atoms with E-state index in [0.717, 1.165) is 9.54 Å². The van der Waals surface area contributed by atoms with Gasteiger partial charge in [-0.1, -0.05) is 29.8 Å². The first-order valence-electron chi connectivity index (χ1n) is 8.70. The van der Waals surface area contributed by atoms with E-state index in [0.29, 0.717) is 21.0 Å². The molecule has 0 spiro atoms. The van der Waals surface area contributed by atoms with E-state index >= 15 is 0 Å². The molecule has 0 radical (unpaired) electrons. The van der Waals surface area contributed by atoms with E-state index in [1.54, 1.807) is 24.3 Å². The highest BCUT2D eigenvalue weighted by Crippen LogP contribution is 2.36. The van der Waals surface area contributed by atoms with E-state index in [4.69, 9.17) is 0 Å². The first kappa shape index (κ1) is 19.8. The molecular weight excluding hydrogens is 459 g/mol. The van der Waals surface area contributed by atoms with E-state index in [9.17, 15) is 17.9 Å². The van der Waals surface area contributed by atoms with Crippen molar-refractivity contribution in [3.05, 3.63) is 82.3 Å². The molecule has 0 fully saturated rings. The molecule has 2 heterocycles. The third-order valence-corrected chi connectivity index (χ3v) is 6.82. The fraction of sp³-hybridized carbons (Fsp3) is 0.0952. The molecular formula is C21H16BrFN2O3S. The van der Waals surface area contributed by atoms with Crippen molar-refractivity contribution < 1.29 is 17.9 Å². The van der Waals surface area contributed by atoms with E-state index in [2.05, 4.69) is 20.9 Å². The second-order valence-electron chi connectivity index (χ2n) is 6.61. The Labute approximate surface area is 175 Å². The number of aryl methyl sites for hydroxylation is 1. The van der Waals surface area contributed by atoms with Crippen LogP contribution in [0.1, 0.15) is 11.1 Å². The minimum atomic E-state index is -3.93. The zero-order valence-corrected chi connectivity index (χ0v) is 17.7. The number of benzene rings is 2. The lowest BCUT2D eigenvalue weighted by Gasteiger charge is -2.08. The largest absolute Gasteiger partial charge is 0.392 e. The molecule has 0 bridgehead atoms. The third kappa shape index (κ3) is 3.37. The molecule has 8 heteroatoms. The minimum Gasteiger partial charge on any atom is -0.392 e. The van der Waals surface area contributed by atoms with Gasteiger partial charge in [0.15, 0.2) is 5.65 Å². The quantitative estimate of drug-likeness (QED) is 0.467. The Balaban J connectivity index is 2.04. The van der Waals surface area contributed by atoms with Gasteiger partial charge in [0.1, 0.15) is 5.82 Å². The Morgan fingerprint density at radius 3 is 2.55 bits per heavy atom. The number of hydrogen-bond donors (Lipinski definition) is 1. The Morgan fingerprint density at radius 2 is 1.86 bits per heavy atom. The van der Waals surface area contributed by atoms with Crippen LogP contribution in [0.15, 0.2) is 70.3 Å². The van der Waals surface area contributed by atoms with Crippen LogP contribution in [0.5, 0.6) is 0 Å². The number of aliphatic hydroxyl groups is 1. The molecule has 4 aromatic rings. The van der Waals surface area contributed by atoms with Gasteiger partial charge in [0.2, 0.25) is 0 Å². The smallest absolute Gasteiger partial charge is 0.269 e. The maximum absolute atomic E-state index is 14.2. The predicted molar refractivity (Wildman–Crippen MR) is 113 cm³/mol. The molecule has 4 rings (SSSR count). The van der Waals surface area contributed by atoms with Crippen LogP contribution in [0.2, 0.25) is 0 Å². The van der Waals surface area contributed by atoms with Crippen LogP contribution < -0.4 is 0 Å². The number of aromatic nitrogens is 2. The molecule has 2 aromatic heterocycles. The number of fused-ring (bicyclic) bond motifs is 1. The number of hydrogen-bond acceptors (Lipinski definition) is 4. The van der Waals surface area contributed by atoms with Gasteiger partial charge in [-0.25, -0.2) is 21.8 Å². The van der Waals surface area contributed by atoms with Crippen molar-refractivity contribution >= 4 is 37.0 Å². The number of halogens is 2. The molecule has 0 aliphatic rings. The van der Waals surface area contributed by atoms with Crippen molar-refractivity contribution in [1.82, 2.24) is 8.96 Å². The van der Waals surface area contributed by atoms with Crippen LogP contribution in [0.25, 0.3) is 22.2 Å². The van der Waals surface area contributed by atoms with Crippen molar-refractivity contribution in [3.8, 4) is 11.1 Å². The lowest BCUT2D eigenvalue weighted by molar-refractivity contribution is 0.276. The maximum atomic E-state index is 14.2. The van der Waals surface area contributed by atoms with Gasteiger partial charge in [-0.15, -0.1) is 0 Å². The fourth-order valence-electron chi connectivity index (χ4n) is 3.25. The van der Waals surface area contributed by atoms with Crippen LogP contribution in [0.3, 0.4) is 0 Å². The Hall–Kier alpha value is -2.55. The van der Waals surface area contributed by atoms with Crippen LogP contribution in [0, 0.1) is 12.7 Å². The van der Waals surface area contributed by atoms with Crippen LogP contribution >= 0.6 is 15.9 Å². The molecule has 0 saturated carbocycles. The van der Waals surface area contributed by atoms with Gasteiger partial charge in [-0.3, -0.25) is 0 Å². The number of rotatable bonds is 4. The molecule has 5 nitrogen and oxygen atoms in total. The Morgan fingerprint density at radius 1 is 1.14 bits per heavy atom. The first-order chi connectivity index (χ1) is 13.8. The minimum absolute atomic E-state index is 0.0965. The summed E-state index contributed by atoms with van der Waals surface area (Å²) < 4.78 is 42.6. The predicted octanol–water partition coefficient (Wildman–Crippen LogP) is 4.64. The van der Waals surface area contributed by atoms with Crippen LogP contribution in [-0.4, -0.2) is 22.5 Å². The summed E-state index contributed by atoms with van der Waals surface area (Å²) in [5.41, 5.74) is 2.14. The molecule has 0 unspecified atom stereocenters. The summed E-state index contributed by atoms with van der Waals surface area (Å²) in [5.74, 6) is -0.560. The zero-order valence-electron chi connectivity index (χ0n) is 15.3. The SMILES string of the molecule is Cc1ccc(S(=O)(=O)n2cc(-c3cccc(F)c3CO)c3cc(Br)cnc32)cc1. The average Bonchev–Trinajstić information content (AvgIpc) is 3.07. The molecule has 29 heavy (non-hydrogen) atoms. The van der Waals surface area contributed by atoms with Gasteiger partial charge in [0, 0.05) is 33.4 Å². The Bertz CT molecular complexity index is 1330. The van der Waals surface area contributed by atoms with Gasteiger partial charge in [-0.2, -0.15) is 0 Å². The van der Waals surface area contributed by atoms with Gasteiger partial charge in [-0.05, 0) is 52.7 Å². The molecule has 148 valence electrons. The summed E-state index contributed by atoms with van der Waals surface area (Å²) in [6, 6.07) is 12.7. The summed E-state index contributed by atoms with van der Waals surface area (Å²) >= 11 is 3.36. The molecule has 0 amide bonds. The first-order valence-corrected chi connectivity index (χ1v) is 10.9. The lowest BCUT2D eigenvalue weighted by atomic mass is 10.00. The highest BCUT2D eigenvalue weighted by atomic mass is 79.9. The molecule has 0 saturated heterocycles. The van der Waals surface area contributed by atoms with Gasteiger partial charge >= 0.3 is 0 Å². The standard InChI is InChI=1S/C21H16BrFN2O3S/c1-13-5-7-15(8-6-13)29(27,28)25-11-18(17-9-14(22)10-24-21(17)25)16-3-2-4-20(23)19(16)12-26/h2-11,26H,12H2,1H3. The maximum Gasteiger partial charge on any atom is 0.269 e. The lowest BCUT2D eigenvalue weighted by Crippen LogP contribution is -2.12. The van der Waals surface area contributed by atoms with Crippen molar-refractivity contribution in [2.24, 2.45) is 0 Å².